The minimum Gasteiger partial charge on any atom is -0.482 e. The molecule has 0 saturated heterocycles. The van der Waals surface area contributed by atoms with Gasteiger partial charge in [0.2, 0.25) is 0 Å². The summed E-state index contributed by atoms with van der Waals surface area (Å²) in [5.74, 6) is -0.633. The van der Waals surface area contributed by atoms with E-state index in [9.17, 15) is 9.59 Å². The molecule has 2 rings (SSSR count). The number of hydrogen-bond donors (Lipinski definition) is 1. The van der Waals surface area contributed by atoms with Crippen LogP contribution < -0.4 is 4.74 Å². The summed E-state index contributed by atoms with van der Waals surface area (Å²) in [5, 5.41) is 13.0. The standard InChI is InChI=1S/C15H16N2O4/c1-9-15(11(3)18)10(2)17(16-9)12-5-4-6-13(7-12)21-8-14(19)20/h4-7H,8H2,1-3H3,(H,19,20). The lowest BCUT2D eigenvalue weighted by molar-refractivity contribution is -0.139. The highest BCUT2D eigenvalue weighted by molar-refractivity contribution is 5.96. The molecule has 2 aromatic rings. The summed E-state index contributed by atoms with van der Waals surface area (Å²) in [4.78, 5) is 22.2. The molecular weight excluding hydrogens is 272 g/mol. The van der Waals surface area contributed by atoms with Crippen LogP contribution in [0.5, 0.6) is 5.75 Å². The Morgan fingerprint density at radius 2 is 2.05 bits per heavy atom. The predicted octanol–water partition coefficient (Wildman–Crippen LogP) is 2.16. The number of nitrogens with zero attached hydrogens (tertiary/aromatic N) is 2. The molecule has 0 bridgehead atoms. The number of benzene rings is 1. The van der Waals surface area contributed by atoms with Crippen molar-refractivity contribution < 1.29 is 19.4 Å². The number of carboxylic acids is 1. The highest BCUT2D eigenvalue weighted by atomic mass is 16.5. The Kier molecular flexibility index (Phi) is 4.07. The first-order valence-electron chi connectivity index (χ1n) is 6.42. The number of Topliss-reactive ketones (excluding diaryl/α,β-unsaturated/α-hetero) is 1. The van der Waals surface area contributed by atoms with Crippen LogP contribution in [0.2, 0.25) is 0 Å². The molecule has 1 N–H and O–H groups in total. The second kappa shape index (κ2) is 5.78. The van der Waals surface area contributed by atoms with Gasteiger partial charge in [0.25, 0.3) is 0 Å². The van der Waals surface area contributed by atoms with Gasteiger partial charge in [-0.1, -0.05) is 6.07 Å². The van der Waals surface area contributed by atoms with Crippen molar-refractivity contribution in [2.24, 2.45) is 0 Å². The lowest BCUT2D eigenvalue weighted by Crippen LogP contribution is -2.09. The van der Waals surface area contributed by atoms with Crippen molar-refractivity contribution in [3.8, 4) is 11.4 Å². The smallest absolute Gasteiger partial charge is 0.341 e. The van der Waals surface area contributed by atoms with Gasteiger partial charge >= 0.3 is 5.97 Å². The van der Waals surface area contributed by atoms with Crippen LogP contribution in [0.1, 0.15) is 28.7 Å². The third-order valence-electron chi connectivity index (χ3n) is 3.07. The molecule has 0 saturated carbocycles. The van der Waals surface area contributed by atoms with Crippen LogP contribution in [0.15, 0.2) is 24.3 Å². The minimum atomic E-state index is -1.04. The van der Waals surface area contributed by atoms with Crippen molar-refractivity contribution in [2.45, 2.75) is 20.8 Å². The molecule has 0 unspecified atom stereocenters. The summed E-state index contributed by atoms with van der Waals surface area (Å²) in [5.41, 5.74) is 2.73. The summed E-state index contributed by atoms with van der Waals surface area (Å²) in [6.45, 7) is 4.71. The number of carboxylic acid groups (broad SMARTS) is 1. The summed E-state index contributed by atoms with van der Waals surface area (Å²) in [7, 11) is 0. The second-order valence-corrected chi connectivity index (χ2v) is 4.69. The molecule has 1 aromatic carbocycles. The number of aliphatic carboxylic acids is 1. The van der Waals surface area contributed by atoms with Gasteiger partial charge in [0.05, 0.1) is 22.6 Å². The van der Waals surface area contributed by atoms with Crippen LogP contribution in [-0.4, -0.2) is 33.2 Å². The molecule has 0 radical (unpaired) electrons. The SMILES string of the molecule is CC(=O)c1c(C)nn(-c2cccc(OCC(=O)O)c2)c1C. The van der Waals surface area contributed by atoms with Gasteiger partial charge in [-0.25, -0.2) is 9.48 Å². The molecule has 6 heteroatoms. The Bertz CT molecular complexity index is 704. The van der Waals surface area contributed by atoms with E-state index in [4.69, 9.17) is 9.84 Å². The molecule has 110 valence electrons. The monoisotopic (exact) mass is 288 g/mol. The van der Waals surface area contributed by atoms with E-state index in [-0.39, 0.29) is 5.78 Å². The topological polar surface area (TPSA) is 81.4 Å². The maximum Gasteiger partial charge on any atom is 0.341 e. The summed E-state index contributed by atoms with van der Waals surface area (Å²) in [6, 6.07) is 6.92. The molecule has 0 amide bonds. The third-order valence-corrected chi connectivity index (χ3v) is 3.07. The first kappa shape index (κ1) is 14.8. The molecule has 0 atom stereocenters. The fraction of sp³-hybridized carbons (Fsp3) is 0.267. The minimum absolute atomic E-state index is 0.0328. The average molecular weight is 288 g/mol. The summed E-state index contributed by atoms with van der Waals surface area (Å²) >= 11 is 0. The predicted molar refractivity (Wildman–Crippen MR) is 76.2 cm³/mol. The van der Waals surface area contributed by atoms with Crippen LogP contribution in [-0.2, 0) is 4.79 Å². The molecule has 0 fully saturated rings. The quantitative estimate of drug-likeness (QED) is 0.853. The van der Waals surface area contributed by atoms with Gasteiger partial charge in [-0.05, 0) is 32.9 Å². The fourth-order valence-electron chi connectivity index (χ4n) is 2.25. The largest absolute Gasteiger partial charge is 0.482 e. The van der Waals surface area contributed by atoms with Gasteiger partial charge in [0.1, 0.15) is 5.75 Å². The Hall–Kier alpha value is -2.63. The van der Waals surface area contributed by atoms with Crippen LogP contribution in [0.3, 0.4) is 0 Å². The highest BCUT2D eigenvalue weighted by Crippen LogP contribution is 2.21. The second-order valence-electron chi connectivity index (χ2n) is 4.69. The molecule has 0 aliphatic heterocycles. The molecule has 0 aliphatic rings. The maximum absolute atomic E-state index is 11.6. The van der Waals surface area contributed by atoms with Gasteiger partial charge in [0.15, 0.2) is 12.4 Å². The lowest BCUT2D eigenvalue weighted by Gasteiger charge is -2.08. The molecule has 0 spiro atoms. The number of ketones is 1. The molecule has 21 heavy (non-hydrogen) atoms. The van der Waals surface area contributed by atoms with E-state index in [1.165, 1.54) is 6.92 Å². The Balaban J connectivity index is 2.39. The van der Waals surface area contributed by atoms with Crippen molar-refractivity contribution in [1.29, 1.82) is 0 Å². The molecular formula is C15H16N2O4. The Morgan fingerprint density at radius 1 is 1.33 bits per heavy atom. The van der Waals surface area contributed by atoms with Gasteiger partial charge in [-0.3, -0.25) is 4.79 Å². The third kappa shape index (κ3) is 3.10. The van der Waals surface area contributed by atoms with Crippen molar-refractivity contribution in [3.63, 3.8) is 0 Å². The zero-order chi connectivity index (χ0) is 15.6. The molecule has 1 heterocycles. The van der Waals surface area contributed by atoms with Crippen LogP contribution in [0.25, 0.3) is 5.69 Å². The average Bonchev–Trinajstić information content (AvgIpc) is 2.72. The van der Waals surface area contributed by atoms with Crippen LogP contribution >= 0.6 is 0 Å². The van der Waals surface area contributed by atoms with Crippen molar-refractivity contribution >= 4 is 11.8 Å². The van der Waals surface area contributed by atoms with Crippen molar-refractivity contribution in [3.05, 3.63) is 41.2 Å². The number of carbonyl (C=O) groups is 2. The molecule has 6 nitrogen and oxygen atoms in total. The van der Waals surface area contributed by atoms with Gasteiger partial charge in [-0.15, -0.1) is 0 Å². The number of rotatable bonds is 5. The number of carbonyl (C=O) groups excluding carboxylic acids is 1. The first-order chi connectivity index (χ1) is 9.90. The number of hydrogen-bond acceptors (Lipinski definition) is 4. The van der Waals surface area contributed by atoms with Gasteiger partial charge < -0.3 is 9.84 Å². The van der Waals surface area contributed by atoms with Crippen molar-refractivity contribution in [1.82, 2.24) is 9.78 Å². The number of aryl methyl sites for hydroxylation is 1. The van der Waals surface area contributed by atoms with Crippen molar-refractivity contribution in [2.75, 3.05) is 6.61 Å². The number of ether oxygens (including phenoxy) is 1. The number of aromatic nitrogens is 2. The first-order valence-corrected chi connectivity index (χ1v) is 6.42. The van der Waals surface area contributed by atoms with E-state index in [1.807, 2.05) is 13.0 Å². The fourth-order valence-corrected chi connectivity index (χ4v) is 2.25. The Morgan fingerprint density at radius 3 is 2.62 bits per heavy atom. The van der Waals surface area contributed by atoms with E-state index in [0.29, 0.717) is 22.7 Å². The van der Waals surface area contributed by atoms with Crippen LogP contribution in [0, 0.1) is 13.8 Å². The maximum atomic E-state index is 11.6. The zero-order valence-electron chi connectivity index (χ0n) is 12.1. The van der Waals surface area contributed by atoms with E-state index in [0.717, 1.165) is 5.69 Å². The van der Waals surface area contributed by atoms with Crippen LogP contribution in [0.4, 0.5) is 0 Å². The molecule has 0 aliphatic carbocycles. The van der Waals surface area contributed by atoms with E-state index < -0.39 is 12.6 Å². The molecule has 1 aromatic heterocycles. The normalized spacial score (nSPS) is 10.4. The highest BCUT2D eigenvalue weighted by Gasteiger charge is 2.16. The summed E-state index contributed by atoms with van der Waals surface area (Å²) in [6.07, 6.45) is 0. The lowest BCUT2D eigenvalue weighted by atomic mass is 10.1. The summed E-state index contributed by atoms with van der Waals surface area (Å²) < 4.78 is 6.80. The van der Waals surface area contributed by atoms with E-state index in [1.54, 1.807) is 29.8 Å². The Labute approximate surface area is 122 Å². The van der Waals surface area contributed by atoms with Gasteiger partial charge in [0, 0.05) is 6.07 Å². The van der Waals surface area contributed by atoms with Gasteiger partial charge in [-0.2, -0.15) is 5.10 Å². The van der Waals surface area contributed by atoms with E-state index >= 15 is 0 Å². The van der Waals surface area contributed by atoms with E-state index in [2.05, 4.69) is 5.10 Å². The zero-order valence-corrected chi connectivity index (χ0v) is 12.1.